The number of hydrogen-bond donors (Lipinski definition) is 3. The quantitative estimate of drug-likeness (QED) is 0.678. The number of nitrogens with zero attached hydrogens (tertiary/aromatic N) is 2. The molecule has 2 aromatic rings. The Morgan fingerprint density at radius 1 is 1.31 bits per heavy atom. The van der Waals surface area contributed by atoms with Crippen molar-refractivity contribution in [3.63, 3.8) is 0 Å². The molecule has 0 aliphatic carbocycles. The lowest BCUT2D eigenvalue weighted by atomic mass is 10.1. The van der Waals surface area contributed by atoms with Crippen LogP contribution in [0.15, 0.2) is 41.6 Å². The van der Waals surface area contributed by atoms with Crippen molar-refractivity contribution < 1.29 is 13.2 Å². The van der Waals surface area contributed by atoms with Gasteiger partial charge in [0, 0.05) is 25.0 Å². The van der Waals surface area contributed by atoms with Crippen molar-refractivity contribution in [2.75, 3.05) is 18.4 Å². The summed E-state index contributed by atoms with van der Waals surface area (Å²) in [6.07, 6.45) is 3.13. The van der Waals surface area contributed by atoms with Gasteiger partial charge in [0.15, 0.2) is 0 Å². The van der Waals surface area contributed by atoms with Gasteiger partial charge in [-0.1, -0.05) is 6.07 Å². The van der Waals surface area contributed by atoms with Crippen LogP contribution in [0.2, 0.25) is 0 Å². The molecule has 26 heavy (non-hydrogen) atoms. The Hall–Kier alpha value is -1.94. The fourth-order valence-corrected chi connectivity index (χ4v) is 3.12. The fraction of sp³-hybridized carbons (Fsp3) is 0.375. The zero-order chi connectivity index (χ0) is 18.7. The summed E-state index contributed by atoms with van der Waals surface area (Å²) in [7, 11) is -3.66. The molecule has 0 spiro atoms. The maximum atomic E-state index is 12.3. The number of nitrogens with one attached hydrogen (secondary N) is 2. The Balaban J connectivity index is 0.00000338. The molecule has 0 unspecified atom stereocenters. The molecule has 144 valence electrons. The fourth-order valence-electron chi connectivity index (χ4n) is 2.03. The van der Waals surface area contributed by atoms with Gasteiger partial charge in [-0.3, -0.25) is 9.48 Å². The molecule has 8 nitrogen and oxygen atoms in total. The van der Waals surface area contributed by atoms with Crippen LogP contribution >= 0.6 is 12.4 Å². The van der Waals surface area contributed by atoms with Crippen molar-refractivity contribution in [1.29, 1.82) is 0 Å². The number of carbonyl (C=O) groups excluding carboxylic acids is 1. The summed E-state index contributed by atoms with van der Waals surface area (Å²) < 4.78 is 28.3. The van der Waals surface area contributed by atoms with E-state index in [0.717, 1.165) is 0 Å². The molecule has 10 heteroatoms. The first-order valence-corrected chi connectivity index (χ1v) is 9.28. The van der Waals surface area contributed by atoms with Gasteiger partial charge in [0.2, 0.25) is 10.0 Å². The lowest BCUT2D eigenvalue weighted by Crippen LogP contribution is -2.29. The normalized spacial score (nSPS) is 11.7. The average molecular weight is 402 g/mol. The molecule has 0 saturated carbocycles. The van der Waals surface area contributed by atoms with Crippen LogP contribution in [0.4, 0.5) is 5.69 Å². The third-order valence-corrected chi connectivity index (χ3v) is 4.83. The molecule has 1 amide bonds. The lowest BCUT2D eigenvalue weighted by Gasteiger charge is -2.18. The summed E-state index contributed by atoms with van der Waals surface area (Å²) in [6, 6.07) is 6.02. The first-order chi connectivity index (χ1) is 11.6. The Kier molecular flexibility index (Phi) is 7.34. The number of halogens is 1. The minimum Gasteiger partial charge on any atom is -0.329 e. The third-order valence-electron chi connectivity index (χ3n) is 3.37. The van der Waals surface area contributed by atoms with Crippen LogP contribution in [0, 0.1) is 0 Å². The standard InChI is InChI=1S/C16H23N5O3S.ClH/c1-16(2,3)21-11-12(10-18-21)15(22)20-13-5-4-6-14(9-13)25(23,24)19-8-7-17;/h4-6,9-11,19H,7-8,17H2,1-3H3,(H,20,22);1H. The average Bonchev–Trinajstić information content (AvgIpc) is 3.03. The molecule has 0 fully saturated rings. The van der Waals surface area contributed by atoms with E-state index >= 15 is 0 Å². The topological polar surface area (TPSA) is 119 Å². The van der Waals surface area contributed by atoms with E-state index < -0.39 is 10.0 Å². The third kappa shape index (κ3) is 5.53. The van der Waals surface area contributed by atoms with Crippen molar-refractivity contribution in [3.05, 3.63) is 42.2 Å². The summed E-state index contributed by atoms with van der Waals surface area (Å²) in [5.41, 5.74) is 5.85. The molecule has 0 aliphatic heterocycles. The second-order valence-corrected chi connectivity index (χ2v) is 8.28. The number of aromatic nitrogens is 2. The number of amides is 1. The van der Waals surface area contributed by atoms with Crippen molar-refractivity contribution in [1.82, 2.24) is 14.5 Å². The smallest absolute Gasteiger partial charge is 0.258 e. The summed E-state index contributed by atoms with van der Waals surface area (Å²) in [6.45, 7) is 6.28. The first-order valence-electron chi connectivity index (χ1n) is 7.80. The van der Waals surface area contributed by atoms with E-state index in [2.05, 4.69) is 15.1 Å². The Morgan fingerprint density at radius 3 is 2.58 bits per heavy atom. The van der Waals surface area contributed by atoms with E-state index in [4.69, 9.17) is 5.73 Å². The maximum absolute atomic E-state index is 12.3. The SMILES string of the molecule is CC(C)(C)n1cc(C(=O)Nc2cccc(S(=O)(=O)NCCN)c2)cn1.Cl. The molecule has 1 aromatic carbocycles. The predicted octanol–water partition coefficient (Wildman–Crippen LogP) is 1.55. The van der Waals surface area contributed by atoms with Gasteiger partial charge in [0.1, 0.15) is 0 Å². The number of rotatable bonds is 6. The number of benzene rings is 1. The highest BCUT2D eigenvalue weighted by molar-refractivity contribution is 7.89. The van der Waals surface area contributed by atoms with Crippen LogP contribution in [0.1, 0.15) is 31.1 Å². The van der Waals surface area contributed by atoms with Crippen LogP contribution in [-0.2, 0) is 15.6 Å². The molecule has 0 bridgehead atoms. The van der Waals surface area contributed by atoms with Gasteiger partial charge in [-0.2, -0.15) is 5.10 Å². The van der Waals surface area contributed by atoms with Crippen LogP contribution < -0.4 is 15.8 Å². The van der Waals surface area contributed by atoms with E-state index in [9.17, 15) is 13.2 Å². The number of sulfonamides is 1. The summed E-state index contributed by atoms with van der Waals surface area (Å²) in [5, 5.41) is 6.86. The van der Waals surface area contributed by atoms with Crippen LogP contribution in [-0.4, -0.2) is 37.2 Å². The highest BCUT2D eigenvalue weighted by atomic mass is 35.5. The van der Waals surface area contributed by atoms with E-state index in [1.54, 1.807) is 23.0 Å². The van der Waals surface area contributed by atoms with Gasteiger partial charge in [0.25, 0.3) is 5.91 Å². The Bertz CT molecular complexity index is 859. The van der Waals surface area contributed by atoms with Gasteiger partial charge in [-0.05, 0) is 39.0 Å². The van der Waals surface area contributed by atoms with Crippen LogP contribution in [0.25, 0.3) is 0 Å². The van der Waals surface area contributed by atoms with Gasteiger partial charge < -0.3 is 11.1 Å². The highest BCUT2D eigenvalue weighted by Gasteiger charge is 2.18. The van der Waals surface area contributed by atoms with Crippen molar-refractivity contribution in [3.8, 4) is 0 Å². The molecular weight excluding hydrogens is 378 g/mol. The van der Waals surface area contributed by atoms with Gasteiger partial charge in [0.05, 0.1) is 22.2 Å². The second kappa shape index (κ2) is 8.63. The van der Waals surface area contributed by atoms with E-state index in [1.807, 2.05) is 20.8 Å². The summed E-state index contributed by atoms with van der Waals surface area (Å²) >= 11 is 0. The van der Waals surface area contributed by atoms with Gasteiger partial charge in [-0.25, -0.2) is 13.1 Å². The first kappa shape index (κ1) is 22.1. The minimum absolute atomic E-state index is 0. The molecule has 0 saturated heterocycles. The largest absolute Gasteiger partial charge is 0.329 e. The number of anilines is 1. The predicted molar refractivity (Wildman–Crippen MR) is 103 cm³/mol. The van der Waals surface area contributed by atoms with Crippen molar-refractivity contribution in [2.24, 2.45) is 5.73 Å². The molecule has 1 heterocycles. The molecule has 4 N–H and O–H groups in total. The van der Waals surface area contributed by atoms with E-state index in [1.165, 1.54) is 18.3 Å². The maximum Gasteiger partial charge on any atom is 0.258 e. The molecule has 2 rings (SSSR count). The molecule has 0 radical (unpaired) electrons. The number of nitrogens with two attached hydrogens (primary N) is 1. The minimum atomic E-state index is -3.66. The van der Waals surface area contributed by atoms with Crippen LogP contribution in [0.3, 0.4) is 0 Å². The highest BCUT2D eigenvalue weighted by Crippen LogP contribution is 2.17. The number of carbonyl (C=O) groups is 1. The Labute approximate surface area is 159 Å². The van der Waals surface area contributed by atoms with Crippen molar-refractivity contribution >= 4 is 34.0 Å². The molecule has 0 aliphatic rings. The molecular formula is C16H24ClN5O3S. The Morgan fingerprint density at radius 2 is 2.00 bits per heavy atom. The molecule has 0 atom stereocenters. The van der Waals surface area contributed by atoms with Crippen LogP contribution in [0.5, 0.6) is 0 Å². The number of hydrogen-bond acceptors (Lipinski definition) is 5. The zero-order valence-corrected chi connectivity index (χ0v) is 16.5. The lowest BCUT2D eigenvalue weighted by molar-refractivity contribution is 0.102. The summed E-state index contributed by atoms with van der Waals surface area (Å²) in [5.74, 6) is -0.361. The van der Waals surface area contributed by atoms with Gasteiger partial charge in [-0.15, -0.1) is 12.4 Å². The van der Waals surface area contributed by atoms with E-state index in [-0.39, 0.29) is 41.8 Å². The zero-order valence-electron chi connectivity index (χ0n) is 14.9. The molecule has 1 aromatic heterocycles. The second-order valence-electron chi connectivity index (χ2n) is 6.51. The summed E-state index contributed by atoms with van der Waals surface area (Å²) in [4.78, 5) is 12.4. The van der Waals surface area contributed by atoms with E-state index in [0.29, 0.717) is 11.3 Å². The van der Waals surface area contributed by atoms with Crippen molar-refractivity contribution in [2.45, 2.75) is 31.2 Å². The van der Waals surface area contributed by atoms with Gasteiger partial charge >= 0.3 is 0 Å². The monoisotopic (exact) mass is 401 g/mol.